The third-order valence-electron chi connectivity index (χ3n) is 7.36. The predicted octanol–water partition coefficient (Wildman–Crippen LogP) is 8.27. The summed E-state index contributed by atoms with van der Waals surface area (Å²) in [6.45, 7) is 0. The number of para-hydroxylation sites is 3. The van der Waals surface area contributed by atoms with Crippen LogP contribution < -0.4 is 0 Å². The molecule has 0 atom stereocenters. The molecule has 37 heavy (non-hydrogen) atoms. The van der Waals surface area contributed by atoms with Gasteiger partial charge >= 0.3 is 0 Å². The van der Waals surface area contributed by atoms with Gasteiger partial charge in [0.05, 0.1) is 22.1 Å². The van der Waals surface area contributed by atoms with Crippen molar-refractivity contribution in [3.63, 3.8) is 0 Å². The smallest absolute Gasteiger partial charge is 0.137 e. The minimum atomic E-state index is 0.871. The number of nitrogens with zero attached hydrogens (tertiary/aromatic N) is 3. The SMILES string of the molecule is c1ccc(-n2c3cc(-c4ncc[nH]4)ccc3c3c2ccc2c4ccccc4n(-c4ccccc4)c23)cc1. The van der Waals surface area contributed by atoms with Crippen LogP contribution in [0.1, 0.15) is 0 Å². The Morgan fingerprint density at radius 2 is 1.24 bits per heavy atom. The summed E-state index contributed by atoms with van der Waals surface area (Å²) in [6.07, 6.45) is 3.67. The molecule has 0 spiro atoms. The Hall–Kier alpha value is -5.09. The Bertz CT molecular complexity index is 2060. The van der Waals surface area contributed by atoms with E-state index in [1.807, 2.05) is 6.20 Å². The molecule has 3 aromatic heterocycles. The van der Waals surface area contributed by atoms with E-state index in [1.54, 1.807) is 6.20 Å². The number of imidazole rings is 1. The van der Waals surface area contributed by atoms with Crippen LogP contribution in [-0.4, -0.2) is 19.1 Å². The number of hydrogen-bond donors (Lipinski definition) is 1. The first-order chi connectivity index (χ1) is 18.4. The molecule has 0 aliphatic carbocycles. The van der Waals surface area contributed by atoms with E-state index in [-0.39, 0.29) is 0 Å². The van der Waals surface area contributed by atoms with E-state index in [4.69, 9.17) is 0 Å². The van der Waals surface area contributed by atoms with Gasteiger partial charge in [-0.3, -0.25) is 0 Å². The van der Waals surface area contributed by atoms with Crippen molar-refractivity contribution in [3.8, 4) is 22.8 Å². The number of hydrogen-bond acceptors (Lipinski definition) is 1. The van der Waals surface area contributed by atoms with E-state index in [1.165, 1.54) is 38.1 Å². The molecule has 8 rings (SSSR count). The second-order valence-corrected chi connectivity index (χ2v) is 9.38. The lowest BCUT2D eigenvalue weighted by molar-refractivity contribution is 1.17. The Morgan fingerprint density at radius 3 is 2.00 bits per heavy atom. The van der Waals surface area contributed by atoms with Crippen LogP contribution in [0.15, 0.2) is 128 Å². The van der Waals surface area contributed by atoms with Crippen molar-refractivity contribution < 1.29 is 0 Å². The van der Waals surface area contributed by atoms with E-state index in [0.29, 0.717) is 0 Å². The van der Waals surface area contributed by atoms with Crippen molar-refractivity contribution in [1.29, 1.82) is 0 Å². The normalized spacial score (nSPS) is 11.8. The summed E-state index contributed by atoms with van der Waals surface area (Å²) < 4.78 is 4.80. The highest BCUT2D eigenvalue weighted by atomic mass is 15.0. The average Bonchev–Trinajstić information content (AvgIpc) is 3.68. The number of fused-ring (bicyclic) bond motifs is 7. The standard InChI is InChI=1S/C33H22N4/c1-3-9-23(10-4-1)36-29-18-17-26-25-13-7-8-14-28(25)37(24-11-5-2-6-12-24)32(26)31(29)27-16-15-22(21-30(27)36)33-34-19-20-35-33/h1-21H,(H,34,35). The van der Waals surface area contributed by atoms with E-state index < -0.39 is 0 Å². The van der Waals surface area contributed by atoms with Gasteiger partial charge in [-0.25, -0.2) is 4.98 Å². The zero-order chi connectivity index (χ0) is 24.3. The highest BCUT2D eigenvalue weighted by Crippen LogP contribution is 2.42. The summed E-state index contributed by atoms with van der Waals surface area (Å²) in [5.41, 5.74) is 8.16. The lowest BCUT2D eigenvalue weighted by atomic mass is 10.1. The predicted molar refractivity (Wildman–Crippen MR) is 153 cm³/mol. The van der Waals surface area contributed by atoms with E-state index in [2.05, 4.69) is 134 Å². The van der Waals surface area contributed by atoms with Crippen LogP contribution in [0.5, 0.6) is 0 Å². The Balaban J connectivity index is 1.61. The molecule has 0 fully saturated rings. The average molecular weight is 475 g/mol. The number of aromatic amines is 1. The number of rotatable bonds is 3. The van der Waals surface area contributed by atoms with Gasteiger partial charge in [-0.15, -0.1) is 0 Å². The van der Waals surface area contributed by atoms with Crippen molar-refractivity contribution in [2.45, 2.75) is 0 Å². The molecule has 0 saturated heterocycles. The van der Waals surface area contributed by atoms with Gasteiger partial charge in [0, 0.05) is 50.9 Å². The van der Waals surface area contributed by atoms with Gasteiger partial charge in [-0.2, -0.15) is 0 Å². The number of aromatic nitrogens is 4. The summed E-state index contributed by atoms with van der Waals surface area (Å²) in [5.74, 6) is 0.871. The molecule has 4 nitrogen and oxygen atoms in total. The maximum absolute atomic E-state index is 4.51. The van der Waals surface area contributed by atoms with E-state index in [9.17, 15) is 0 Å². The topological polar surface area (TPSA) is 38.5 Å². The number of H-pyrrole nitrogens is 1. The van der Waals surface area contributed by atoms with Crippen LogP contribution in [0.4, 0.5) is 0 Å². The van der Waals surface area contributed by atoms with Crippen LogP contribution in [-0.2, 0) is 0 Å². The van der Waals surface area contributed by atoms with Crippen LogP contribution in [0.2, 0.25) is 0 Å². The maximum Gasteiger partial charge on any atom is 0.137 e. The molecule has 5 aromatic carbocycles. The third-order valence-corrected chi connectivity index (χ3v) is 7.36. The fourth-order valence-electron chi connectivity index (χ4n) is 5.83. The molecule has 8 aromatic rings. The monoisotopic (exact) mass is 474 g/mol. The molecule has 0 unspecified atom stereocenters. The summed E-state index contributed by atoms with van der Waals surface area (Å²) in [6, 6.07) is 41.2. The van der Waals surface area contributed by atoms with Crippen molar-refractivity contribution in [2.24, 2.45) is 0 Å². The quantitative estimate of drug-likeness (QED) is 0.275. The summed E-state index contributed by atoms with van der Waals surface area (Å²) in [5, 5.41) is 4.99. The lowest BCUT2D eigenvalue weighted by Crippen LogP contribution is -1.95. The molecule has 0 saturated carbocycles. The Morgan fingerprint density at radius 1 is 0.541 bits per heavy atom. The second-order valence-electron chi connectivity index (χ2n) is 9.38. The molecule has 0 radical (unpaired) electrons. The highest BCUT2D eigenvalue weighted by molar-refractivity contribution is 6.26. The molecule has 1 N–H and O–H groups in total. The van der Waals surface area contributed by atoms with Crippen LogP contribution >= 0.6 is 0 Å². The first-order valence-electron chi connectivity index (χ1n) is 12.5. The number of nitrogens with one attached hydrogen (secondary N) is 1. The molecule has 0 aliphatic heterocycles. The van der Waals surface area contributed by atoms with Gasteiger partial charge < -0.3 is 14.1 Å². The van der Waals surface area contributed by atoms with Gasteiger partial charge in [0.15, 0.2) is 0 Å². The van der Waals surface area contributed by atoms with E-state index >= 15 is 0 Å². The Labute approximate surface area is 213 Å². The zero-order valence-electron chi connectivity index (χ0n) is 20.0. The summed E-state index contributed by atoms with van der Waals surface area (Å²) in [4.78, 5) is 7.78. The van der Waals surface area contributed by atoms with Crippen molar-refractivity contribution >= 4 is 43.6 Å². The van der Waals surface area contributed by atoms with Gasteiger partial charge in [0.1, 0.15) is 5.82 Å². The van der Waals surface area contributed by atoms with Crippen molar-refractivity contribution in [1.82, 2.24) is 19.1 Å². The van der Waals surface area contributed by atoms with Gasteiger partial charge in [-0.1, -0.05) is 72.8 Å². The van der Waals surface area contributed by atoms with Crippen LogP contribution in [0.3, 0.4) is 0 Å². The minimum absolute atomic E-state index is 0.871. The summed E-state index contributed by atoms with van der Waals surface area (Å²) >= 11 is 0. The van der Waals surface area contributed by atoms with Crippen molar-refractivity contribution in [2.75, 3.05) is 0 Å². The third kappa shape index (κ3) is 2.87. The van der Waals surface area contributed by atoms with Crippen LogP contribution in [0, 0.1) is 0 Å². The maximum atomic E-state index is 4.51. The van der Waals surface area contributed by atoms with Gasteiger partial charge in [0.25, 0.3) is 0 Å². The Kier molecular flexibility index (Phi) is 4.19. The molecule has 0 aliphatic rings. The molecule has 4 heteroatoms. The molecule has 0 amide bonds. The van der Waals surface area contributed by atoms with E-state index in [0.717, 1.165) is 28.3 Å². The van der Waals surface area contributed by atoms with Crippen molar-refractivity contribution in [3.05, 3.63) is 128 Å². The lowest BCUT2D eigenvalue weighted by Gasteiger charge is -2.10. The molecule has 0 bridgehead atoms. The van der Waals surface area contributed by atoms with Crippen LogP contribution in [0.25, 0.3) is 66.4 Å². The first kappa shape index (κ1) is 20.1. The fourth-order valence-corrected chi connectivity index (χ4v) is 5.83. The fraction of sp³-hybridized carbons (Fsp3) is 0. The highest BCUT2D eigenvalue weighted by Gasteiger charge is 2.21. The van der Waals surface area contributed by atoms with Gasteiger partial charge in [0.2, 0.25) is 0 Å². The van der Waals surface area contributed by atoms with Gasteiger partial charge in [-0.05, 0) is 42.5 Å². The summed E-state index contributed by atoms with van der Waals surface area (Å²) in [7, 11) is 0. The first-order valence-corrected chi connectivity index (χ1v) is 12.5. The zero-order valence-corrected chi connectivity index (χ0v) is 20.0. The molecular formula is C33H22N4. The molecule has 3 heterocycles. The number of benzene rings is 5. The molecule has 174 valence electrons. The molecular weight excluding hydrogens is 452 g/mol. The minimum Gasteiger partial charge on any atom is -0.345 e. The second kappa shape index (κ2) is 7.70. The largest absolute Gasteiger partial charge is 0.345 e.